The van der Waals surface area contributed by atoms with E-state index < -0.39 is 10.0 Å². The summed E-state index contributed by atoms with van der Waals surface area (Å²) >= 11 is 0. The van der Waals surface area contributed by atoms with Crippen LogP contribution in [0.25, 0.3) is 0 Å². The van der Waals surface area contributed by atoms with E-state index in [0.717, 1.165) is 37.1 Å². The summed E-state index contributed by atoms with van der Waals surface area (Å²) in [6, 6.07) is 13.1. The molecule has 1 saturated heterocycles. The molecule has 2 heterocycles. The quantitative estimate of drug-likeness (QED) is 0.745. The Morgan fingerprint density at radius 1 is 1.03 bits per heavy atom. The zero-order valence-electron chi connectivity index (χ0n) is 18.2. The molecule has 2 aromatic carbocycles. The molecule has 8 heteroatoms. The van der Waals surface area contributed by atoms with Crippen LogP contribution >= 0.6 is 0 Å². The minimum atomic E-state index is -3.54. The smallest absolute Gasteiger partial charge is 0.246 e. The lowest BCUT2D eigenvalue weighted by Crippen LogP contribution is -2.36. The van der Waals surface area contributed by atoms with Crippen LogP contribution < -0.4 is 15.1 Å². The predicted octanol–water partition coefficient (Wildman–Crippen LogP) is 2.93. The van der Waals surface area contributed by atoms with Gasteiger partial charge in [0.15, 0.2) is 0 Å². The number of carbonyl (C=O) groups is 1. The zero-order valence-corrected chi connectivity index (χ0v) is 19.0. The molecule has 1 fully saturated rings. The fourth-order valence-corrected chi connectivity index (χ4v) is 5.87. The van der Waals surface area contributed by atoms with Gasteiger partial charge in [0.2, 0.25) is 15.9 Å². The Bertz CT molecular complexity index is 1060. The van der Waals surface area contributed by atoms with Crippen LogP contribution in [0.3, 0.4) is 0 Å². The van der Waals surface area contributed by atoms with Crippen LogP contribution in [0.15, 0.2) is 47.4 Å². The van der Waals surface area contributed by atoms with Crippen LogP contribution in [0.5, 0.6) is 0 Å². The van der Waals surface area contributed by atoms with E-state index >= 15 is 0 Å². The summed E-state index contributed by atoms with van der Waals surface area (Å²) in [5, 5.41) is 3.20. The molecule has 0 spiro atoms. The van der Waals surface area contributed by atoms with Gasteiger partial charge in [0.1, 0.15) is 0 Å². The van der Waals surface area contributed by atoms with Gasteiger partial charge >= 0.3 is 0 Å². The number of benzene rings is 2. The van der Waals surface area contributed by atoms with Gasteiger partial charge in [0.05, 0.1) is 22.8 Å². The molecular weight excluding hydrogens is 412 g/mol. The maximum absolute atomic E-state index is 13.1. The second-order valence-electron chi connectivity index (χ2n) is 8.32. The van der Waals surface area contributed by atoms with E-state index in [0.29, 0.717) is 25.3 Å². The third-order valence-electron chi connectivity index (χ3n) is 6.02. The third kappa shape index (κ3) is 4.41. The number of hydrogen-bond acceptors (Lipinski definition) is 5. The standard InChI is InChI=1S/C23H30N4O3S/c1-25(2)22-11-10-19(31(29,30)26-13-6-3-7-14-26)16-20(22)24-17-23(28)27-15-12-18-8-4-5-9-21(18)27/h4-5,8-11,16,24H,3,6-7,12-15,17H2,1-2H3. The lowest BCUT2D eigenvalue weighted by atomic mass is 10.2. The second kappa shape index (κ2) is 8.88. The molecule has 7 nitrogen and oxygen atoms in total. The molecule has 0 aliphatic carbocycles. The number of anilines is 3. The van der Waals surface area contributed by atoms with Crippen LogP contribution in [0.4, 0.5) is 17.1 Å². The van der Waals surface area contributed by atoms with Crippen LogP contribution in [0.2, 0.25) is 0 Å². The van der Waals surface area contributed by atoms with E-state index in [1.165, 1.54) is 5.56 Å². The van der Waals surface area contributed by atoms with Gasteiger partial charge < -0.3 is 15.1 Å². The molecule has 0 aromatic heterocycles. The first-order valence-corrected chi connectivity index (χ1v) is 12.3. The Morgan fingerprint density at radius 3 is 2.52 bits per heavy atom. The van der Waals surface area contributed by atoms with Crippen molar-refractivity contribution in [2.45, 2.75) is 30.6 Å². The van der Waals surface area contributed by atoms with E-state index in [9.17, 15) is 13.2 Å². The summed E-state index contributed by atoms with van der Waals surface area (Å²) in [4.78, 5) is 16.9. The number of hydrogen-bond donors (Lipinski definition) is 1. The van der Waals surface area contributed by atoms with Crippen molar-refractivity contribution < 1.29 is 13.2 Å². The first-order valence-electron chi connectivity index (χ1n) is 10.8. The van der Waals surface area contributed by atoms with Crippen molar-refractivity contribution in [1.82, 2.24) is 4.31 Å². The van der Waals surface area contributed by atoms with Crippen molar-refractivity contribution >= 4 is 33.0 Å². The Labute approximate surface area is 184 Å². The van der Waals surface area contributed by atoms with Gasteiger partial charge in [0.25, 0.3) is 0 Å². The Balaban J connectivity index is 1.54. The molecule has 4 rings (SSSR count). The molecule has 2 aliphatic heterocycles. The van der Waals surface area contributed by atoms with Gasteiger partial charge in [-0.2, -0.15) is 4.31 Å². The molecule has 0 bridgehead atoms. The first-order chi connectivity index (χ1) is 14.9. The van der Waals surface area contributed by atoms with E-state index in [2.05, 4.69) is 11.4 Å². The zero-order chi connectivity index (χ0) is 22.0. The van der Waals surface area contributed by atoms with E-state index in [-0.39, 0.29) is 17.3 Å². The fraction of sp³-hybridized carbons (Fsp3) is 0.435. The van der Waals surface area contributed by atoms with E-state index in [1.54, 1.807) is 27.4 Å². The summed E-state index contributed by atoms with van der Waals surface area (Å²) in [5.74, 6) is -0.0288. The van der Waals surface area contributed by atoms with Gasteiger partial charge in [-0.05, 0) is 49.1 Å². The normalized spacial score (nSPS) is 16.8. The number of para-hydroxylation sites is 1. The number of nitrogens with one attached hydrogen (secondary N) is 1. The highest BCUT2D eigenvalue weighted by Crippen LogP contribution is 2.31. The molecule has 0 atom stereocenters. The molecule has 1 N–H and O–H groups in total. The highest BCUT2D eigenvalue weighted by atomic mass is 32.2. The molecule has 31 heavy (non-hydrogen) atoms. The molecule has 0 saturated carbocycles. The topological polar surface area (TPSA) is 73.0 Å². The number of fused-ring (bicyclic) bond motifs is 1. The van der Waals surface area contributed by atoms with Crippen molar-refractivity contribution in [3.05, 3.63) is 48.0 Å². The van der Waals surface area contributed by atoms with Gasteiger partial charge in [-0.15, -0.1) is 0 Å². The third-order valence-corrected chi connectivity index (χ3v) is 7.92. The molecule has 2 aliphatic rings. The lowest BCUT2D eigenvalue weighted by Gasteiger charge is -2.27. The van der Waals surface area contributed by atoms with Crippen LogP contribution in [0.1, 0.15) is 24.8 Å². The Hall–Kier alpha value is -2.58. The van der Waals surface area contributed by atoms with Gasteiger partial charge in [0, 0.05) is 39.4 Å². The van der Waals surface area contributed by atoms with Crippen molar-refractivity contribution in [3.8, 4) is 0 Å². The summed E-state index contributed by atoms with van der Waals surface area (Å²) in [7, 11) is 0.260. The Kier molecular flexibility index (Phi) is 6.20. The minimum absolute atomic E-state index is 0.0288. The monoisotopic (exact) mass is 442 g/mol. The highest BCUT2D eigenvalue weighted by Gasteiger charge is 2.27. The fourth-order valence-electron chi connectivity index (χ4n) is 4.33. The summed E-state index contributed by atoms with van der Waals surface area (Å²) in [6.45, 7) is 1.90. The first kappa shape index (κ1) is 21.6. The number of nitrogens with zero attached hydrogens (tertiary/aromatic N) is 3. The van der Waals surface area contributed by atoms with Crippen molar-refractivity contribution in [1.29, 1.82) is 0 Å². The van der Waals surface area contributed by atoms with Gasteiger partial charge in [-0.25, -0.2) is 8.42 Å². The van der Waals surface area contributed by atoms with E-state index in [4.69, 9.17) is 0 Å². The van der Waals surface area contributed by atoms with Gasteiger partial charge in [-0.3, -0.25) is 4.79 Å². The summed E-state index contributed by atoms with van der Waals surface area (Å²) in [6.07, 6.45) is 3.71. The number of sulfonamides is 1. The van der Waals surface area contributed by atoms with Gasteiger partial charge in [-0.1, -0.05) is 24.6 Å². The Morgan fingerprint density at radius 2 is 1.77 bits per heavy atom. The SMILES string of the molecule is CN(C)c1ccc(S(=O)(=O)N2CCCCC2)cc1NCC(=O)N1CCc2ccccc21. The second-order valence-corrected chi connectivity index (χ2v) is 10.3. The summed E-state index contributed by atoms with van der Waals surface area (Å²) < 4.78 is 27.8. The van der Waals surface area contributed by atoms with Crippen molar-refractivity contribution in [2.24, 2.45) is 0 Å². The van der Waals surface area contributed by atoms with Crippen molar-refractivity contribution in [2.75, 3.05) is 55.4 Å². The van der Waals surface area contributed by atoms with Crippen LogP contribution in [-0.2, 0) is 21.2 Å². The average Bonchev–Trinajstić information content (AvgIpc) is 3.22. The largest absolute Gasteiger partial charge is 0.376 e. The number of piperidine rings is 1. The average molecular weight is 443 g/mol. The molecule has 1 amide bonds. The molecule has 2 aromatic rings. The maximum Gasteiger partial charge on any atom is 0.246 e. The molecule has 0 radical (unpaired) electrons. The van der Waals surface area contributed by atoms with Crippen molar-refractivity contribution in [3.63, 3.8) is 0 Å². The van der Waals surface area contributed by atoms with Crippen LogP contribution in [0, 0.1) is 0 Å². The number of carbonyl (C=O) groups excluding carboxylic acids is 1. The predicted molar refractivity (Wildman–Crippen MR) is 124 cm³/mol. The summed E-state index contributed by atoms with van der Waals surface area (Å²) in [5.41, 5.74) is 3.62. The number of amides is 1. The maximum atomic E-state index is 13.1. The molecule has 0 unspecified atom stereocenters. The molecule has 166 valence electrons. The number of rotatable bonds is 6. The van der Waals surface area contributed by atoms with Crippen LogP contribution in [-0.4, -0.2) is 58.9 Å². The van der Waals surface area contributed by atoms with E-state index in [1.807, 2.05) is 37.2 Å². The lowest BCUT2D eigenvalue weighted by molar-refractivity contribution is -0.116. The highest BCUT2D eigenvalue weighted by molar-refractivity contribution is 7.89. The minimum Gasteiger partial charge on any atom is -0.376 e. The molecular formula is C23H30N4O3S.